The Hall–Kier alpha value is -2.27. The van der Waals surface area contributed by atoms with Crippen molar-refractivity contribution < 1.29 is 4.79 Å². The molecular weight excluding hydrogens is 300 g/mol. The van der Waals surface area contributed by atoms with Gasteiger partial charge in [-0.3, -0.25) is 4.79 Å². The maximum Gasteiger partial charge on any atom is 0.255 e. The monoisotopic (exact) mass is 316 g/mol. The highest BCUT2D eigenvalue weighted by Crippen LogP contribution is 2.22. The van der Waals surface area contributed by atoms with Gasteiger partial charge in [-0.05, 0) is 30.3 Å². The van der Waals surface area contributed by atoms with Crippen molar-refractivity contribution in [2.24, 2.45) is 0 Å². The Bertz CT molecular complexity index is 669. The van der Waals surface area contributed by atoms with Crippen LogP contribution >= 0.6 is 11.6 Å². The van der Waals surface area contributed by atoms with E-state index in [1.54, 1.807) is 24.4 Å². The van der Waals surface area contributed by atoms with Gasteiger partial charge in [0.2, 0.25) is 0 Å². The van der Waals surface area contributed by atoms with Crippen molar-refractivity contribution in [2.45, 2.75) is 0 Å². The zero-order valence-corrected chi connectivity index (χ0v) is 12.8. The Labute approximate surface area is 134 Å². The van der Waals surface area contributed by atoms with E-state index < -0.39 is 0 Å². The van der Waals surface area contributed by atoms with Crippen molar-refractivity contribution in [1.82, 2.24) is 9.88 Å². The van der Waals surface area contributed by atoms with Crippen LogP contribution < -0.4 is 10.6 Å². The predicted octanol–water partition coefficient (Wildman–Crippen LogP) is 2.28. The quantitative estimate of drug-likeness (QED) is 0.863. The second-order valence-corrected chi connectivity index (χ2v) is 5.61. The van der Waals surface area contributed by atoms with Gasteiger partial charge in [-0.15, -0.1) is 0 Å². The van der Waals surface area contributed by atoms with Gasteiger partial charge in [-0.25, -0.2) is 4.98 Å². The molecule has 0 radical (unpaired) electrons. The minimum Gasteiger partial charge on any atom is -0.399 e. The van der Waals surface area contributed by atoms with Crippen molar-refractivity contribution in [3.8, 4) is 0 Å². The van der Waals surface area contributed by atoms with E-state index in [2.05, 4.69) is 9.88 Å². The Kier molecular flexibility index (Phi) is 4.15. The molecule has 0 aliphatic carbocycles. The van der Waals surface area contributed by atoms with E-state index in [-0.39, 0.29) is 5.91 Å². The summed E-state index contributed by atoms with van der Waals surface area (Å²) in [5, 5.41) is 0.400. The molecule has 114 valence electrons. The van der Waals surface area contributed by atoms with Crippen LogP contribution in [0.2, 0.25) is 5.02 Å². The number of aromatic nitrogens is 1. The number of amides is 1. The lowest BCUT2D eigenvalue weighted by atomic mass is 10.1. The number of pyridine rings is 1. The zero-order valence-electron chi connectivity index (χ0n) is 12.1. The van der Waals surface area contributed by atoms with Crippen molar-refractivity contribution in [3.63, 3.8) is 0 Å². The van der Waals surface area contributed by atoms with E-state index in [0.29, 0.717) is 29.4 Å². The average Bonchev–Trinajstić information content (AvgIpc) is 2.55. The van der Waals surface area contributed by atoms with E-state index in [1.165, 1.54) is 0 Å². The van der Waals surface area contributed by atoms with Gasteiger partial charge in [0.15, 0.2) is 0 Å². The highest BCUT2D eigenvalue weighted by Gasteiger charge is 2.24. The molecule has 1 aromatic heterocycles. The van der Waals surface area contributed by atoms with Crippen LogP contribution in [0.25, 0.3) is 0 Å². The molecule has 0 saturated carbocycles. The lowest BCUT2D eigenvalue weighted by Crippen LogP contribution is -2.49. The number of benzene rings is 1. The van der Waals surface area contributed by atoms with Gasteiger partial charge in [0.1, 0.15) is 5.82 Å². The molecule has 22 heavy (non-hydrogen) atoms. The fourth-order valence-corrected chi connectivity index (χ4v) is 2.82. The Morgan fingerprint density at radius 1 is 1.14 bits per heavy atom. The molecule has 3 rings (SSSR count). The molecule has 5 nitrogen and oxygen atoms in total. The first-order chi connectivity index (χ1) is 10.6. The second kappa shape index (κ2) is 6.23. The van der Waals surface area contributed by atoms with Crippen LogP contribution in [-0.2, 0) is 0 Å². The van der Waals surface area contributed by atoms with Gasteiger partial charge in [0.05, 0.1) is 10.6 Å². The molecule has 1 aliphatic heterocycles. The minimum absolute atomic E-state index is 0.0503. The number of rotatable bonds is 2. The number of nitrogen functional groups attached to an aromatic ring is 1. The van der Waals surface area contributed by atoms with E-state index in [4.69, 9.17) is 17.3 Å². The van der Waals surface area contributed by atoms with Crippen molar-refractivity contribution in [1.29, 1.82) is 0 Å². The van der Waals surface area contributed by atoms with Gasteiger partial charge < -0.3 is 15.5 Å². The molecule has 0 unspecified atom stereocenters. The lowest BCUT2D eigenvalue weighted by Gasteiger charge is -2.35. The summed E-state index contributed by atoms with van der Waals surface area (Å²) in [6, 6.07) is 10.8. The maximum atomic E-state index is 12.5. The standard InChI is InChI=1S/C16H17ClN4O/c17-14-11-12(18)4-5-13(14)16(22)21-9-7-20(8-10-21)15-3-1-2-6-19-15/h1-6,11H,7-10,18H2. The van der Waals surface area contributed by atoms with Gasteiger partial charge in [-0.1, -0.05) is 17.7 Å². The first kappa shape index (κ1) is 14.7. The van der Waals surface area contributed by atoms with Crippen LogP contribution in [0.4, 0.5) is 11.5 Å². The Morgan fingerprint density at radius 2 is 1.91 bits per heavy atom. The van der Waals surface area contributed by atoms with Crippen LogP contribution in [0.3, 0.4) is 0 Å². The van der Waals surface area contributed by atoms with Crippen LogP contribution in [-0.4, -0.2) is 42.0 Å². The second-order valence-electron chi connectivity index (χ2n) is 5.21. The third-order valence-corrected chi connectivity index (χ3v) is 4.08. The highest BCUT2D eigenvalue weighted by molar-refractivity contribution is 6.34. The summed E-state index contributed by atoms with van der Waals surface area (Å²) in [6.45, 7) is 2.82. The first-order valence-electron chi connectivity index (χ1n) is 7.15. The number of hydrogen-bond donors (Lipinski definition) is 1. The molecule has 1 aromatic carbocycles. The summed E-state index contributed by atoms with van der Waals surface area (Å²) in [4.78, 5) is 20.9. The molecule has 2 N–H and O–H groups in total. The molecule has 0 spiro atoms. The first-order valence-corrected chi connectivity index (χ1v) is 7.53. The fraction of sp³-hybridized carbons (Fsp3) is 0.250. The molecule has 1 fully saturated rings. The smallest absolute Gasteiger partial charge is 0.255 e. The summed E-state index contributed by atoms with van der Waals surface area (Å²) in [7, 11) is 0. The van der Waals surface area contributed by atoms with Crippen molar-refractivity contribution >= 4 is 29.0 Å². The minimum atomic E-state index is -0.0503. The number of carbonyl (C=O) groups excluding carboxylic acids is 1. The number of nitrogens with zero attached hydrogens (tertiary/aromatic N) is 3. The number of carbonyl (C=O) groups is 1. The molecule has 1 amide bonds. The summed E-state index contributed by atoms with van der Waals surface area (Å²) in [5.41, 5.74) is 6.72. The van der Waals surface area contributed by atoms with E-state index in [0.717, 1.165) is 18.9 Å². The topological polar surface area (TPSA) is 62.5 Å². The van der Waals surface area contributed by atoms with Crippen LogP contribution in [0.5, 0.6) is 0 Å². The maximum absolute atomic E-state index is 12.5. The summed E-state index contributed by atoms with van der Waals surface area (Å²) < 4.78 is 0. The van der Waals surface area contributed by atoms with Gasteiger partial charge in [-0.2, -0.15) is 0 Å². The summed E-state index contributed by atoms with van der Waals surface area (Å²) in [5.74, 6) is 0.894. The molecule has 2 heterocycles. The zero-order chi connectivity index (χ0) is 15.5. The SMILES string of the molecule is Nc1ccc(C(=O)N2CCN(c3ccccn3)CC2)c(Cl)c1. The number of piperazine rings is 1. The van der Waals surface area contributed by atoms with Crippen molar-refractivity contribution in [3.05, 3.63) is 53.2 Å². The third kappa shape index (κ3) is 2.99. The van der Waals surface area contributed by atoms with Gasteiger partial charge in [0, 0.05) is 38.1 Å². The normalized spacial score (nSPS) is 15.0. The van der Waals surface area contributed by atoms with E-state index in [1.807, 2.05) is 23.1 Å². The predicted molar refractivity (Wildman–Crippen MR) is 88.2 cm³/mol. The van der Waals surface area contributed by atoms with Gasteiger partial charge in [0.25, 0.3) is 5.91 Å². The number of halogens is 1. The van der Waals surface area contributed by atoms with E-state index >= 15 is 0 Å². The molecule has 1 saturated heterocycles. The third-order valence-electron chi connectivity index (χ3n) is 3.76. The number of nitrogens with two attached hydrogens (primary N) is 1. The van der Waals surface area contributed by atoms with Crippen LogP contribution in [0, 0.1) is 0 Å². The summed E-state index contributed by atoms with van der Waals surface area (Å²) >= 11 is 6.12. The Morgan fingerprint density at radius 3 is 2.55 bits per heavy atom. The Balaban J connectivity index is 1.67. The number of anilines is 2. The molecule has 6 heteroatoms. The highest BCUT2D eigenvalue weighted by atomic mass is 35.5. The lowest BCUT2D eigenvalue weighted by molar-refractivity contribution is 0.0746. The molecule has 2 aromatic rings. The molecule has 0 atom stereocenters. The van der Waals surface area contributed by atoms with Gasteiger partial charge >= 0.3 is 0 Å². The van der Waals surface area contributed by atoms with Crippen LogP contribution in [0.15, 0.2) is 42.6 Å². The fourth-order valence-electron chi connectivity index (χ4n) is 2.55. The number of hydrogen-bond acceptors (Lipinski definition) is 4. The van der Waals surface area contributed by atoms with E-state index in [9.17, 15) is 4.79 Å². The van der Waals surface area contributed by atoms with Crippen molar-refractivity contribution in [2.75, 3.05) is 36.8 Å². The summed E-state index contributed by atoms with van der Waals surface area (Å²) in [6.07, 6.45) is 1.78. The average molecular weight is 317 g/mol. The molecule has 0 bridgehead atoms. The van der Waals surface area contributed by atoms with Crippen LogP contribution in [0.1, 0.15) is 10.4 Å². The largest absolute Gasteiger partial charge is 0.399 e. The molecular formula is C16H17ClN4O. The molecule has 1 aliphatic rings.